The summed E-state index contributed by atoms with van der Waals surface area (Å²) in [6, 6.07) is 0. The summed E-state index contributed by atoms with van der Waals surface area (Å²) in [4.78, 5) is 45.1. The number of rotatable bonds is 8. The number of carbonyl (C=O) groups is 3. The van der Waals surface area contributed by atoms with E-state index in [2.05, 4.69) is 9.97 Å². The molecule has 2 aromatic heterocycles. The largest absolute Gasteiger partial charge is 0.465 e. The Hall–Kier alpha value is -3.14. The third-order valence-corrected chi connectivity index (χ3v) is 5.30. The fourth-order valence-electron chi connectivity index (χ4n) is 2.55. The van der Waals surface area contributed by atoms with Gasteiger partial charge in [-0.2, -0.15) is 4.57 Å². The highest BCUT2D eigenvalue weighted by atomic mass is 32.1. The van der Waals surface area contributed by atoms with Crippen LogP contribution in [0.2, 0.25) is 0 Å². The van der Waals surface area contributed by atoms with Crippen LogP contribution in [0, 0.1) is 13.8 Å². The third-order valence-electron chi connectivity index (χ3n) is 4.16. The van der Waals surface area contributed by atoms with Crippen LogP contribution in [0.3, 0.4) is 0 Å². The van der Waals surface area contributed by atoms with E-state index < -0.39 is 30.7 Å². The van der Waals surface area contributed by atoms with Gasteiger partial charge in [0.1, 0.15) is 11.6 Å². The number of aromatic nitrogens is 3. The van der Waals surface area contributed by atoms with Gasteiger partial charge in [-0.15, -0.1) is 0 Å². The fraction of sp³-hybridized carbons (Fsp3) is 0.368. The lowest BCUT2D eigenvalue weighted by atomic mass is 10.2. The maximum atomic E-state index is 12.3. The van der Waals surface area contributed by atoms with Crippen LogP contribution < -0.4 is 10.3 Å². The molecule has 0 atom stereocenters. The van der Waals surface area contributed by atoms with Crippen LogP contribution >= 0.6 is 11.3 Å². The summed E-state index contributed by atoms with van der Waals surface area (Å²) in [5.41, 5.74) is 9.44. The van der Waals surface area contributed by atoms with Gasteiger partial charge in [0.2, 0.25) is 5.51 Å². The SMILES string of the molecule is [2H]C([2H])(C(=O)OCCc1sc[n+](Cc2cnc(C)nc2N)c1C)C([2H])([2H])N1C(=O)C=CC1=O. The van der Waals surface area contributed by atoms with Gasteiger partial charge in [0.05, 0.1) is 26.2 Å². The number of nitrogens with zero attached hydrogens (tertiary/aromatic N) is 4. The molecule has 2 N–H and O–H groups in total. The van der Waals surface area contributed by atoms with Crippen LogP contribution in [0.25, 0.3) is 0 Å². The van der Waals surface area contributed by atoms with Gasteiger partial charge in [0.15, 0.2) is 12.2 Å². The maximum Gasteiger partial charge on any atom is 0.307 e. The molecule has 152 valence electrons. The topological polar surface area (TPSA) is 119 Å². The van der Waals surface area contributed by atoms with Crippen molar-refractivity contribution in [3.8, 4) is 0 Å². The molecule has 0 saturated heterocycles. The van der Waals surface area contributed by atoms with Crippen molar-refractivity contribution in [3.05, 3.63) is 45.8 Å². The number of aryl methyl sites for hydroxylation is 1. The predicted octanol–water partition coefficient (Wildman–Crippen LogP) is 0.474. The van der Waals surface area contributed by atoms with Gasteiger partial charge in [0.25, 0.3) is 11.8 Å². The van der Waals surface area contributed by atoms with Gasteiger partial charge in [-0.1, -0.05) is 11.3 Å². The highest BCUT2D eigenvalue weighted by Crippen LogP contribution is 2.14. The lowest BCUT2D eigenvalue weighted by molar-refractivity contribution is -0.689. The molecule has 0 spiro atoms. The van der Waals surface area contributed by atoms with Crippen molar-refractivity contribution >= 4 is 34.9 Å². The molecule has 0 aromatic carbocycles. The molecule has 0 unspecified atom stereocenters. The average Bonchev–Trinajstić information content (AvgIpc) is 3.25. The molecule has 3 heterocycles. The minimum absolute atomic E-state index is 0.0705. The van der Waals surface area contributed by atoms with Crippen molar-refractivity contribution in [3.63, 3.8) is 0 Å². The second kappa shape index (κ2) is 8.91. The number of nitrogens with two attached hydrogens (primary N) is 1. The minimum atomic E-state index is -3.27. The number of anilines is 1. The number of nitrogen functional groups attached to an aromatic ring is 1. The first-order valence-electron chi connectivity index (χ1n) is 10.6. The normalized spacial score (nSPS) is 16.4. The van der Waals surface area contributed by atoms with E-state index in [0.717, 1.165) is 28.3 Å². The van der Waals surface area contributed by atoms with Crippen LogP contribution in [0.15, 0.2) is 23.9 Å². The lowest BCUT2D eigenvalue weighted by Gasteiger charge is -2.12. The average molecular weight is 421 g/mol. The minimum Gasteiger partial charge on any atom is -0.465 e. The zero-order valence-corrected chi connectivity index (χ0v) is 16.7. The molecule has 3 rings (SSSR count). The summed E-state index contributed by atoms with van der Waals surface area (Å²) in [5.74, 6) is -2.63. The first kappa shape index (κ1) is 15.7. The first-order valence-corrected chi connectivity index (χ1v) is 9.52. The van der Waals surface area contributed by atoms with Crippen LogP contribution in [0.4, 0.5) is 5.82 Å². The number of hydrogen-bond acceptors (Lipinski definition) is 8. The summed E-state index contributed by atoms with van der Waals surface area (Å²) < 4.78 is 38.5. The molecule has 0 bridgehead atoms. The second-order valence-corrected chi connectivity index (χ2v) is 7.09. The second-order valence-electron chi connectivity index (χ2n) is 6.16. The van der Waals surface area contributed by atoms with E-state index >= 15 is 0 Å². The zero-order valence-electron chi connectivity index (χ0n) is 19.8. The molecule has 1 aliphatic heterocycles. The van der Waals surface area contributed by atoms with Crippen molar-refractivity contribution in [1.29, 1.82) is 0 Å². The molecule has 0 saturated carbocycles. The molecular weight excluding hydrogens is 394 g/mol. The number of amides is 2. The van der Waals surface area contributed by atoms with Gasteiger partial charge < -0.3 is 10.5 Å². The van der Waals surface area contributed by atoms with Gasteiger partial charge in [0, 0.05) is 40.9 Å². The molecule has 0 radical (unpaired) electrons. The van der Waals surface area contributed by atoms with Crippen molar-refractivity contribution in [2.24, 2.45) is 0 Å². The van der Waals surface area contributed by atoms with Crippen LogP contribution in [-0.4, -0.2) is 45.8 Å². The number of esters is 1. The Bertz CT molecular complexity index is 1130. The van der Waals surface area contributed by atoms with E-state index in [9.17, 15) is 14.4 Å². The van der Waals surface area contributed by atoms with E-state index in [-0.39, 0.29) is 17.9 Å². The summed E-state index contributed by atoms with van der Waals surface area (Å²) in [5, 5.41) is 0. The zero-order chi connectivity index (χ0) is 24.6. The summed E-state index contributed by atoms with van der Waals surface area (Å²) in [7, 11) is 0. The molecule has 2 amide bonds. The monoisotopic (exact) mass is 420 g/mol. The summed E-state index contributed by atoms with van der Waals surface area (Å²) in [6.45, 7) is 0.622. The summed E-state index contributed by atoms with van der Waals surface area (Å²) >= 11 is 1.41. The number of thiazole rings is 1. The Morgan fingerprint density at radius 3 is 2.76 bits per heavy atom. The Morgan fingerprint density at radius 1 is 1.34 bits per heavy atom. The van der Waals surface area contributed by atoms with Gasteiger partial charge in [-0.3, -0.25) is 19.3 Å². The number of imide groups is 1. The van der Waals surface area contributed by atoms with Crippen LogP contribution in [0.1, 0.15) is 33.8 Å². The Balaban J connectivity index is 1.62. The van der Waals surface area contributed by atoms with E-state index in [0.29, 0.717) is 18.2 Å². The quantitative estimate of drug-likeness (QED) is 0.375. The maximum absolute atomic E-state index is 12.3. The predicted molar refractivity (Wildman–Crippen MR) is 105 cm³/mol. The van der Waals surface area contributed by atoms with Gasteiger partial charge >= 0.3 is 5.97 Å². The number of carbonyl (C=O) groups excluding carboxylic acids is 3. The number of hydrogen-bond donors (Lipinski definition) is 1. The Labute approximate surface area is 177 Å². The van der Waals surface area contributed by atoms with Crippen LogP contribution in [-0.2, 0) is 32.1 Å². The van der Waals surface area contributed by atoms with E-state index in [4.69, 9.17) is 16.0 Å². The van der Waals surface area contributed by atoms with Gasteiger partial charge in [-0.25, -0.2) is 9.97 Å². The summed E-state index contributed by atoms with van der Waals surface area (Å²) in [6.07, 6.45) is 0.277. The molecule has 1 aliphatic rings. The molecule has 9 nitrogen and oxygen atoms in total. The lowest BCUT2D eigenvalue weighted by Crippen LogP contribution is -2.35. The van der Waals surface area contributed by atoms with E-state index in [1.807, 2.05) is 17.0 Å². The van der Waals surface area contributed by atoms with Gasteiger partial charge in [-0.05, 0) is 6.92 Å². The fourth-order valence-corrected chi connectivity index (χ4v) is 3.53. The van der Waals surface area contributed by atoms with Crippen molar-refractivity contribution < 1.29 is 29.2 Å². The van der Waals surface area contributed by atoms with Crippen LogP contribution in [0.5, 0.6) is 0 Å². The number of ether oxygens (including phenoxy) is 1. The van der Waals surface area contributed by atoms with Crippen molar-refractivity contribution in [2.45, 2.75) is 33.2 Å². The molecule has 2 aromatic rings. The smallest absolute Gasteiger partial charge is 0.307 e. The van der Waals surface area contributed by atoms with Crippen molar-refractivity contribution in [1.82, 2.24) is 14.9 Å². The molecule has 0 aliphatic carbocycles. The van der Waals surface area contributed by atoms with Crippen molar-refractivity contribution in [2.75, 3.05) is 18.8 Å². The highest BCUT2D eigenvalue weighted by Gasteiger charge is 2.24. The van der Waals surface area contributed by atoms with E-state index in [1.54, 1.807) is 13.1 Å². The molecule has 0 fully saturated rings. The highest BCUT2D eigenvalue weighted by molar-refractivity contribution is 7.09. The molecule has 10 heteroatoms. The third kappa shape index (κ3) is 5.02. The Morgan fingerprint density at radius 2 is 2.07 bits per heavy atom. The van der Waals surface area contributed by atoms with E-state index in [1.165, 1.54) is 11.3 Å². The molecule has 29 heavy (non-hydrogen) atoms. The Kier molecular flexibility index (Phi) is 4.84. The standard InChI is InChI=1S/C19H22N5O4S/c1-12-15(29-11-23(12)10-14-9-21-13(2)22-19(14)20)6-8-28-18(27)5-7-24-16(25)3-4-17(24)26/h3-4,9,11H,5-8,10H2,1-2H3,(H2,20,21,22)/q+1/i5D2,7D2. The first-order chi connectivity index (χ1) is 15.4. The molecular formula is C19H22N5O4S+.